The van der Waals surface area contributed by atoms with Gasteiger partial charge in [0.25, 0.3) is 0 Å². The van der Waals surface area contributed by atoms with Gasteiger partial charge in [-0.05, 0) is 24.3 Å². The number of sulfonamides is 1. The van der Waals surface area contributed by atoms with Crippen LogP contribution < -0.4 is 18.9 Å². The molecule has 0 aromatic heterocycles. The van der Waals surface area contributed by atoms with Gasteiger partial charge in [0.2, 0.25) is 10.0 Å². The Bertz CT molecular complexity index is 998. The van der Waals surface area contributed by atoms with Crippen LogP contribution in [0.3, 0.4) is 0 Å². The van der Waals surface area contributed by atoms with Gasteiger partial charge in [0.05, 0.1) is 43.7 Å². The molecule has 1 aliphatic rings. The molecule has 0 saturated carbocycles. The second kappa shape index (κ2) is 8.91. The molecule has 0 aliphatic carbocycles. The quantitative estimate of drug-likeness (QED) is 0.623. The zero-order chi connectivity index (χ0) is 21.2. The molecule has 10 heteroatoms. The standard InChI is InChI=1S/C19H22ClNO6S2/c1-24-15-6-5-12(9-14(15)20)29(22,23)21-7-8-28-19(21)13-10-17(26-3)18(27-4)11-16(13)25-2/h5-6,9-11,19H,7-8H2,1-4H3. The molecule has 2 aromatic rings. The fourth-order valence-corrected chi connectivity index (χ4v) is 6.73. The molecule has 1 unspecified atom stereocenters. The highest BCUT2D eigenvalue weighted by Gasteiger charge is 2.39. The molecule has 29 heavy (non-hydrogen) atoms. The summed E-state index contributed by atoms with van der Waals surface area (Å²) in [5.74, 6) is 2.59. The lowest BCUT2D eigenvalue weighted by atomic mass is 10.1. The molecule has 1 fully saturated rings. The smallest absolute Gasteiger partial charge is 0.244 e. The Morgan fingerprint density at radius 3 is 2.14 bits per heavy atom. The molecular formula is C19H22ClNO6S2. The van der Waals surface area contributed by atoms with Gasteiger partial charge >= 0.3 is 0 Å². The molecule has 2 aromatic carbocycles. The van der Waals surface area contributed by atoms with Crippen LogP contribution in [0.25, 0.3) is 0 Å². The van der Waals surface area contributed by atoms with E-state index in [9.17, 15) is 8.42 Å². The summed E-state index contributed by atoms with van der Waals surface area (Å²) in [6, 6.07) is 7.89. The van der Waals surface area contributed by atoms with Crippen LogP contribution in [-0.4, -0.2) is 53.5 Å². The van der Waals surface area contributed by atoms with E-state index < -0.39 is 15.4 Å². The van der Waals surface area contributed by atoms with E-state index in [0.29, 0.717) is 40.9 Å². The van der Waals surface area contributed by atoms with Gasteiger partial charge in [-0.25, -0.2) is 8.42 Å². The molecule has 0 bridgehead atoms. The largest absolute Gasteiger partial charge is 0.496 e. The summed E-state index contributed by atoms with van der Waals surface area (Å²) < 4.78 is 49.5. The average Bonchev–Trinajstić information content (AvgIpc) is 3.23. The molecular weight excluding hydrogens is 438 g/mol. The summed E-state index contributed by atoms with van der Waals surface area (Å²) in [6.45, 7) is 0.360. The lowest BCUT2D eigenvalue weighted by Crippen LogP contribution is -2.30. The van der Waals surface area contributed by atoms with Crippen LogP contribution in [-0.2, 0) is 10.0 Å². The number of nitrogens with zero attached hydrogens (tertiary/aromatic N) is 1. The monoisotopic (exact) mass is 459 g/mol. The summed E-state index contributed by atoms with van der Waals surface area (Å²) in [7, 11) is 2.28. The molecule has 1 aliphatic heterocycles. The van der Waals surface area contributed by atoms with Crippen LogP contribution >= 0.6 is 23.4 Å². The number of rotatable bonds is 7. The second-order valence-electron chi connectivity index (χ2n) is 6.08. The minimum Gasteiger partial charge on any atom is -0.496 e. The molecule has 0 amide bonds. The first-order valence-electron chi connectivity index (χ1n) is 8.64. The number of thioether (sulfide) groups is 1. The molecule has 0 N–H and O–H groups in total. The van der Waals surface area contributed by atoms with Crippen molar-refractivity contribution in [3.05, 3.63) is 40.9 Å². The van der Waals surface area contributed by atoms with E-state index in [1.54, 1.807) is 18.2 Å². The first-order chi connectivity index (χ1) is 13.9. The van der Waals surface area contributed by atoms with Crippen LogP contribution in [0.2, 0.25) is 5.02 Å². The van der Waals surface area contributed by atoms with Crippen molar-refractivity contribution in [2.24, 2.45) is 0 Å². The second-order valence-corrected chi connectivity index (χ2v) is 9.57. The molecule has 0 spiro atoms. The van der Waals surface area contributed by atoms with E-state index >= 15 is 0 Å². The molecule has 1 saturated heterocycles. The van der Waals surface area contributed by atoms with Gasteiger partial charge in [-0.15, -0.1) is 11.8 Å². The third kappa shape index (κ3) is 4.09. The van der Waals surface area contributed by atoms with Crippen molar-refractivity contribution in [2.75, 3.05) is 40.7 Å². The van der Waals surface area contributed by atoms with Crippen molar-refractivity contribution in [3.8, 4) is 23.0 Å². The molecule has 7 nitrogen and oxygen atoms in total. The Labute approximate surface area is 179 Å². The van der Waals surface area contributed by atoms with E-state index in [1.807, 2.05) is 0 Å². The van der Waals surface area contributed by atoms with Gasteiger partial charge in [-0.3, -0.25) is 0 Å². The van der Waals surface area contributed by atoms with Crippen molar-refractivity contribution >= 4 is 33.4 Å². The fourth-order valence-electron chi connectivity index (χ4n) is 3.13. The number of methoxy groups -OCH3 is 4. The maximum atomic E-state index is 13.4. The van der Waals surface area contributed by atoms with Crippen molar-refractivity contribution in [1.29, 1.82) is 0 Å². The van der Waals surface area contributed by atoms with Gasteiger partial charge in [0, 0.05) is 23.9 Å². The number of halogens is 1. The number of ether oxygens (including phenoxy) is 4. The maximum Gasteiger partial charge on any atom is 0.244 e. The molecule has 3 rings (SSSR count). The van der Waals surface area contributed by atoms with E-state index in [-0.39, 0.29) is 9.92 Å². The third-order valence-corrected chi connectivity index (χ3v) is 8.11. The lowest BCUT2D eigenvalue weighted by Gasteiger charge is -2.26. The van der Waals surface area contributed by atoms with E-state index in [0.717, 1.165) is 0 Å². The summed E-state index contributed by atoms with van der Waals surface area (Å²) in [4.78, 5) is 0.107. The van der Waals surface area contributed by atoms with Crippen LogP contribution in [0.5, 0.6) is 23.0 Å². The number of hydrogen-bond acceptors (Lipinski definition) is 7. The zero-order valence-corrected chi connectivity index (χ0v) is 18.9. The normalized spacial score (nSPS) is 17.2. The average molecular weight is 460 g/mol. The Morgan fingerprint density at radius 1 is 0.931 bits per heavy atom. The predicted molar refractivity (Wildman–Crippen MR) is 113 cm³/mol. The van der Waals surface area contributed by atoms with Crippen LogP contribution in [0.4, 0.5) is 0 Å². The van der Waals surface area contributed by atoms with E-state index in [2.05, 4.69) is 0 Å². The van der Waals surface area contributed by atoms with Gasteiger partial charge in [-0.2, -0.15) is 4.31 Å². The first kappa shape index (κ1) is 21.9. The molecule has 1 heterocycles. The van der Waals surface area contributed by atoms with Gasteiger partial charge in [0.1, 0.15) is 11.5 Å². The van der Waals surface area contributed by atoms with Gasteiger partial charge in [-0.1, -0.05) is 11.6 Å². The topological polar surface area (TPSA) is 74.3 Å². The number of hydrogen-bond donors (Lipinski definition) is 0. The predicted octanol–water partition coefficient (Wildman–Crippen LogP) is 3.81. The highest BCUT2D eigenvalue weighted by atomic mass is 35.5. The van der Waals surface area contributed by atoms with Crippen LogP contribution in [0.1, 0.15) is 10.9 Å². The molecule has 0 radical (unpaired) electrons. The first-order valence-corrected chi connectivity index (χ1v) is 11.5. The van der Waals surface area contributed by atoms with Crippen molar-refractivity contribution in [3.63, 3.8) is 0 Å². The molecule has 158 valence electrons. The van der Waals surface area contributed by atoms with Crippen molar-refractivity contribution < 1.29 is 27.4 Å². The van der Waals surface area contributed by atoms with E-state index in [4.69, 9.17) is 30.5 Å². The third-order valence-electron chi connectivity index (χ3n) is 4.58. The van der Waals surface area contributed by atoms with Crippen LogP contribution in [0.15, 0.2) is 35.2 Å². The SMILES string of the molecule is COc1ccc(S(=O)(=O)N2CCSC2c2cc(OC)c(OC)cc2OC)cc1Cl. The molecule has 1 atom stereocenters. The van der Waals surface area contributed by atoms with Gasteiger partial charge < -0.3 is 18.9 Å². The Kier molecular flexibility index (Phi) is 6.72. The Balaban J connectivity index is 2.05. The Morgan fingerprint density at radius 2 is 1.55 bits per heavy atom. The number of benzene rings is 2. The summed E-state index contributed by atoms with van der Waals surface area (Å²) in [6.07, 6.45) is 0. The highest BCUT2D eigenvalue weighted by molar-refractivity contribution is 8.01. The van der Waals surface area contributed by atoms with Crippen LogP contribution in [0, 0.1) is 0 Å². The summed E-state index contributed by atoms with van der Waals surface area (Å²) in [5, 5.41) is -0.240. The van der Waals surface area contributed by atoms with Crippen molar-refractivity contribution in [2.45, 2.75) is 10.3 Å². The maximum absolute atomic E-state index is 13.4. The van der Waals surface area contributed by atoms with Crippen molar-refractivity contribution in [1.82, 2.24) is 4.31 Å². The zero-order valence-electron chi connectivity index (χ0n) is 16.5. The highest BCUT2D eigenvalue weighted by Crippen LogP contribution is 2.48. The summed E-state index contributed by atoms with van der Waals surface area (Å²) >= 11 is 7.66. The van der Waals surface area contributed by atoms with Gasteiger partial charge in [0.15, 0.2) is 11.5 Å². The minimum absolute atomic E-state index is 0.107. The van der Waals surface area contributed by atoms with E-state index in [1.165, 1.54) is 56.6 Å². The minimum atomic E-state index is -3.80. The lowest BCUT2D eigenvalue weighted by molar-refractivity contribution is 0.344. The Hall–Kier alpha value is -1.81. The fraction of sp³-hybridized carbons (Fsp3) is 0.368. The summed E-state index contributed by atoms with van der Waals surface area (Å²) in [5.41, 5.74) is 0.691.